The monoisotopic (exact) mass is 378 g/mol. The largest absolute Gasteiger partial charge is 0.332 e. The van der Waals surface area contributed by atoms with Crippen LogP contribution in [-0.4, -0.2) is 44.6 Å². The van der Waals surface area contributed by atoms with Crippen LogP contribution in [0.2, 0.25) is 0 Å². The highest BCUT2D eigenvalue weighted by Crippen LogP contribution is 2.21. The molecule has 26 heavy (non-hydrogen) atoms. The minimum atomic E-state index is -0.356. The Hall–Kier alpha value is -2.43. The molecule has 0 bridgehead atoms. The van der Waals surface area contributed by atoms with E-state index in [1.54, 1.807) is 23.3 Å². The first-order chi connectivity index (χ1) is 12.2. The minimum absolute atomic E-state index is 0.205. The third-order valence-corrected chi connectivity index (χ3v) is 5.04. The summed E-state index contributed by atoms with van der Waals surface area (Å²) in [6.45, 7) is 6.41. The third kappa shape index (κ3) is 3.18. The number of tetrazole rings is 1. The summed E-state index contributed by atoms with van der Waals surface area (Å²) in [5.74, 6) is 0.690. The maximum atomic E-state index is 12.6. The van der Waals surface area contributed by atoms with Gasteiger partial charge in [0.25, 0.3) is 5.56 Å². The van der Waals surface area contributed by atoms with E-state index in [4.69, 9.17) is 0 Å². The van der Waals surface area contributed by atoms with E-state index in [1.165, 1.54) is 27.2 Å². The SMILES string of the molecule is Cn1cnc2c1c(=O)n(CCCSc1nnnn1C(C)(C)C)c(=O)n2C. The fourth-order valence-corrected chi connectivity index (χ4v) is 3.65. The van der Waals surface area contributed by atoms with Gasteiger partial charge in [-0.15, -0.1) is 5.10 Å². The molecule has 0 spiro atoms. The Morgan fingerprint density at radius 1 is 1.19 bits per heavy atom. The summed E-state index contributed by atoms with van der Waals surface area (Å²) in [6.07, 6.45) is 2.18. The van der Waals surface area contributed by atoms with Crippen molar-refractivity contribution in [3.63, 3.8) is 0 Å². The highest BCUT2D eigenvalue weighted by molar-refractivity contribution is 7.99. The predicted molar refractivity (Wildman–Crippen MR) is 98.4 cm³/mol. The molecular formula is C15H22N8O2S. The van der Waals surface area contributed by atoms with E-state index in [1.807, 2.05) is 20.8 Å². The zero-order valence-electron chi connectivity index (χ0n) is 15.5. The van der Waals surface area contributed by atoms with Gasteiger partial charge in [-0.2, -0.15) is 0 Å². The summed E-state index contributed by atoms with van der Waals surface area (Å²) in [5.41, 5.74) is -0.0456. The van der Waals surface area contributed by atoms with Gasteiger partial charge < -0.3 is 4.57 Å². The molecule has 0 unspecified atom stereocenters. The number of aromatic nitrogens is 8. The Bertz CT molecular complexity index is 1050. The molecule has 10 nitrogen and oxygen atoms in total. The quantitative estimate of drug-likeness (QED) is 0.466. The summed E-state index contributed by atoms with van der Waals surface area (Å²) >= 11 is 1.51. The number of aryl methyl sites for hydroxylation is 2. The van der Waals surface area contributed by atoms with Crippen LogP contribution in [0.1, 0.15) is 27.2 Å². The summed E-state index contributed by atoms with van der Waals surface area (Å²) in [4.78, 5) is 29.2. The number of rotatable bonds is 5. The Kier molecular flexibility index (Phi) is 4.74. The van der Waals surface area contributed by atoms with Gasteiger partial charge in [0.1, 0.15) is 0 Å². The van der Waals surface area contributed by atoms with Gasteiger partial charge in [-0.1, -0.05) is 11.8 Å². The molecule has 3 heterocycles. The molecule has 0 aromatic carbocycles. The maximum Gasteiger partial charge on any atom is 0.332 e. The number of thioether (sulfide) groups is 1. The van der Waals surface area contributed by atoms with Gasteiger partial charge in [-0.25, -0.2) is 14.5 Å². The average molecular weight is 378 g/mol. The van der Waals surface area contributed by atoms with Crippen molar-refractivity contribution >= 4 is 22.9 Å². The standard InChI is InChI=1S/C15H22N8O2S/c1-15(2,3)23-13(17-18-19-23)26-8-6-7-22-12(24)10-11(16-9-20(10)4)21(5)14(22)25/h9H,6-8H2,1-5H3. The van der Waals surface area contributed by atoms with E-state index < -0.39 is 0 Å². The van der Waals surface area contributed by atoms with Crippen LogP contribution in [-0.2, 0) is 26.2 Å². The first-order valence-corrected chi connectivity index (χ1v) is 9.23. The Balaban J connectivity index is 1.76. The molecule has 0 aliphatic carbocycles. The fourth-order valence-electron chi connectivity index (χ4n) is 2.67. The molecule has 0 aliphatic rings. The molecule has 0 saturated heterocycles. The van der Waals surface area contributed by atoms with Gasteiger partial charge in [-0.3, -0.25) is 13.9 Å². The molecule has 0 saturated carbocycles. The van der Waals surface area contributed by atoms with Crippen molar-refractivity contribution in [2.24, 2.45) is 14.1 Å². The minimum Gasteiger partial charge on any atom is -0.328 e. The Morgan fingerprint density at radius 2 is 1.92 bits per heavy atom. The van der Waals surface area contributed by atoms with E-state index in [9.17, 15) is 9.59 Å². The van der Waals surface area contributed by atoms with E-state index >= 15 is 0 Å². The molecule has 0 amide bonds. The molecule has 3 aromatic heterocycles. The van der Waals surface area contributed by atoms with Gasteiger partial charge in [0.2, 0.25) is 5.16 Å². The fraction of sp³-hybridized carbons (Fsp3) is 0.600. The van der Waals surface area contributed by atoms with Crippen molar-refractivity contribution in [1.82, 2.24) is 38.9 Å². The number of nitrogens with zero attached hydrogens (tertiary/aromatic N) is 8. The zero-order valence-corrected chi connectivity index (χ0v) is 16.3. The molecule has 0 radical (unpaired) electrons. The van der Waals surface area contributed by atoms with E-state index in [-0.39, 0.29) is 16.8 Å². The highest BCUT2D eigenvalue weighted by atomic mass is 32.2. The van der Waals surface area contributed by atoms with Crippen molar-refractivity contribution in [2.45, 2.75) is 44.4 Å². The van der Waals surface area contributed by atoms with Crippen molar-refractivity contribution in [3.8, 4) is 0 Å². The lowest BCUT2D eigenvalue weighted by atomic mass is 10.1. The van der Waals surface area contributed by atoms with Crippen molar-refractivity contribution in [1.29, 1.82) is 0 Å². The second kappa shape index (κ2) is 6.71. The van der Waals surface area contributed by atoms with Gasteiger partial charge in [0, 0.05) is 26.4 Å². The normalized spacial score (nSPS) is 12.2. The second-order valence-corrected chi connectivity index (χ2v) is 8.13. The van der Waals surface area contributed by atoms with Gasteiger partial charge in [0.05, 0.1) is 11.9 Å². The van der Waals surface area contributed by atoms with Gasteiger partial charge in [0.15, 0.2) is 11.2 Å². The summed E-state index contributed by atoms with van der Waals surface area (Å²) in [7, 11) is 3.37. The molecular weight excluding hydrogens is 356 g/mol. The number of fused-ring (bicyclic) bond motifs is 1. The smallest absolute Gasteiger partial charge is 0.328 e. The van der Waals surface area contributed by atoms with Crippen LogP contribution in [0.3, 0.4) is 0 Å². The van der Waals surface area contributed by atoms with Crippen LogP contribution < -0.4 is 11.2 Å². The lowest BCUT2D eigenvalue weighted by Crippen LogP contribution is -2.39. The molecule has 3 rings (SSSR count). The number of hydrogen-bond acceptors (Lipinski definition) is 7. The summed E-state index contributed by atoms with van der Waals surface area (Å²) in [6, 6.07) is 0. The Labute approximate surface area is 153 Å². The molecule has 0 fully saturated rings. The lowest BCUT2D eigenvalue weighted by molar-refractivity contribution is 0.321. The van der Waals surface area contributed by atoms with Crippen LogP contribution in [0.4, 0.5) is 0 Å². The first kappa shape index (κ1) is 18.4. The van der Waals surface area contributed by atoms with Crippen LogP contribution in [0, 0.1) is 0 Å². The predicted octanol–water partition coefficient (Wildman–Crippen LogP) is 0.358. The number of hydrogen-bond donors (Lipinski definition) is 0. The van der Waals surface area contributed by atoms with Gasteiger partial charge in [-0.05, 0) is 37.6 Å². The first-order valence-electron chi connectivity index (χ1n) is 8.24. The third-order valence-electron chi connectivity index (χ3n) is 4.03. The molecule has 0 aliphatic heterocycles. The number of imidazole rings is 1. The summed E-state index contributed by atoms with van der Waals surface area (Å²) < 4.78 is 6.08. The molecule has 3 aromatic rings. The second-order valence-electron chi connectivity index (χ2n) is 7.07. The van der Waals surface area contributed by atoms with Crippen molar-refractivity contribution < 1.29 is 0 Å². The van der Waals surface area contributed by atoms with Gasteiger partial charge >= 0.3 is 5.69 Å². The van der Waals surface area contributed by atoms with E-state index in [0.29, 0.717) is 29.9 Å². The Morgan fingerprint density at radius 3 is 2.62 bits per heavy atom. The molecule has 0 atom stereocenters. The average Bonchev–Trinajstić information content (AvgIpc) is 3.18. The van der Waals surface area contributed by atoms with E-state index in [2.05, 4.69) is 20.5 Å². The maximum absolute atomic E-state index is 12.6. The van der Waals surface area contributed by atoms with Crippen LogP contribution in [0.25, 0.3) is 11.2 Å². The molecule has 0 N–H and O–H groups in total. The highest BCUT2D eigenvalue weighted by Gasteiger charge is 2.20. The van der Waals surface area contributed by atoms with Crippen LogP contribution in [0.15, 0.2) is 21.1 Å². The van der Waals surface area contributed by atoms with Crippen molar-refractivity contribution in [3.05, 3.63) is 27.2 Å². The van der Waals surface area contributed by atoms with Crippen LogP contribution >= 0.6 is 11.8 Å². The van der Waals surface area contributed by atoms with Crippen molar-refractivity contribution in [2.75, 3.05) is 5.75 Å². The van der Waals surface area contributed by atoms with E-state index in [0.717, 1.165) is 5.16 Å². The summed E-state index contributed by atoms with van der Waals surface area (Å²) in [5, 5.41) is 12.5. The molecule has 11 heteroatoms. The van der Waals surface area contributed by atoms with Crippen LogP contribution in [0.5, 0.6) is 0 Å². The lowest BCUT2D eigenvalue weighted by Gasteiger charge is -2.19. The zero-order chi connectivity index (χ0) is 19.1. The topological polar surface area (TPSA) is 105 Å². The molecule has 140 valence electrons.